The lowest BCUT2D eigenvalue weighted by atomic mass is 9.74. The average Bonchev–Trinajstić information content (AvgIpc) is 2.23. The van der Waals surface area contributed by atoms with Crippen LogP contribution < -0.4 is 4.90 Å². The minimum atomic E-state index is 0.122. The Morgan fingerprint density at radius 3 is 1.60 bits per heavy atom. The third-order valence-electron chi connectivity index (χ3n) is 3.97. The second-order valence-corrected chi connectivity index (χ2v) is 8.93. The predicted octanol–water partition coefficient (Wildman–Crippen LogP) is 5.52. The van der Waals surface area contributed by atoms with Gasteiger partial charge in [0.2, 0.25) is 0 Å². The molecule has 1 rings (SSSR count). The Morgan fingerprint density at radius 2 is 1.25 bits per heavy atom. The van der Waals surface area contributed by atoms with Gasteiger partial charge in [-0.1, -0.05) is 53.7 Å². The Labute approximate surface area is 126 Å². The van der Waals surface area contributed by atoms with Gasteiger partial charge in [0.15, 0.2) is 0 Å². The summed E-state index contributed by atoms with van der Waals surface area (Å²) in [5.74, 6) is 0. The van der Waals surface area contributed by atoms with Crippen molar-refractivity contribution in [3.8, 4) is 0 Å². The van der Waals surface area contributed by atoms with Gasteiger partial charge in [0.1, 0.15) is 0 Å². The van der Waals surface area contributed by atoms with Crippen molar-refractivity contribution in [1.29, 1.82) is 0 Å². The first-order chi connectivity index (χ1) is 8.76. The Hall–Kier alpha value is -0.980. The van der Waals surface area contributed by atoms with E-state index < -0.39 is 0 Å². The maximum Gasteiger partial charge on any atom is 0.0408 e. The molecule has 0 atom stereocenters. The van der Waals surface area contributed by atoms with E-state index in [9.17, 15) is 0 Å². The molecule has 0 N–H and O–H groups in total. The van der Waals surface area contributed by atoms with E-state index in [2.05, 4.69) is 92.5 Å². The Balaban J connectivity index is 3.63. The van der Waals surface area contributed by atoms with Gasteiger partial charge >= 0.3 is 0 Å². The molecule has 0 unspecified atom stereocenters. The van der Waals surface area contributed by atoms with E-state index in [-0.39, 0.29) is 16.4 Å². The molecule has 0 saturated heterocycles. The minimum absolute atomic E-state index is 0.122. The first-order valence-corrected chi connectivity index (χ1v) is 7.64. The van der Waals surface area contributed by atoms with Gasteiger partial charge in [-0.3, -0.25) is 0 Å². The van der Waals surface area contributed by atoms with Crippen molar-refractivity contribution in [3.05, 3.63) is 29.3 Å². The Morgan fingerprint density at radius 1 is 0.750 bits per heavy atom. The lowest BCUT2D eigenvalue weighted by Gasteiger charge is -2.40. The highest BCUT2D eigenvalue weighted by Gasteiger charge is 2.30. The average molecular weight is 275 g/mol. The molecule has 1 heteroatoms. The highest BCUT2D eigenvalue weighted by atomic mass is 15.2. The van der Waals surface area contributed by atoms with Crippen molar-refractivity contribution >= 4 is 5.69 Å². The largest absolute Gasteiger partial charge is 0.370 e. The fraction of sp³-hybridized carbons (Fsp3) is 0.684. The first-order valence-electron chi connectivity index (χ1n) is 7.64. The molecule has 0 fully saturated rings. The summed E-state index contributed by atoms with van der Waals surface area (Å²) < 4.78 is 0. The van der Waals surface area contributed by atoms with Crippen LogP contribution in [0.25, 0.3) is 0 Å². The lowest BCUT2D eigenvalue weighted by molar-refractivity contribution is 0.507. The van der Waals surface area contributed by atoms with Crippen LogP contribution >= 0.6 is 0 Å². The molecule has 0 radical (unpaired) electrons. The van der Waals surface area contributed by atoms with Gasteiger partial charge in [0, 0.05) is 18.3 Å². The summed E-state index contributed by atoms with van der Waals surface area (Å²) in [6.45, 7) is 20.7. The molecule has 0 saturated carbocycles. The van der Waals surface area contributed by atoms with Crippen molar-refractivity contribution in [2.45, 2.75) is 78.7 Å². The standard InChI is InChI=1S/C19H33N/c1-17(2,3)14-12-11-13-15(16(14)18(4,5)6)20(10)19(7,8)9/h11-13H,1-10H3. The van der Waals surface area contributed by atoms with Crippen LogP contribution in [0, 0.1) is 0 Å². The Bertz CT molecular complexity index is 464. The van der Waals surface area contributed by atoms with Gasteiger partial charge in [-0.15, -0.1) is 0 Å². The molecule has 1 nitrogen and oxygen atoms in total. The SMILES string of the molecule is CN(c1cccc(C(C)(C)C)c1C(C)(C)C)C(C)(C)C. The smallest absolute Gasteiger partial charge is 0.0408 e. The zero-order chi connectivity index (χ0) is 15.9. The number of rotatable bonds is 1. The number of anilines is 1. The topological polar surface area (TPSA) is 3.24 Å². The molecule has 0 spiro atoms. The zero-order valence-electron chi connectivity index (χ0n) is 15.2. The summed E-state index contributed by atoms with van der Waals surface area (Å²) in [5.41, 5.74) is 4.72. The second-order valence-electron chi connectivity index (χ2n) is 8.93. The minimum Gasteiger partial charge on any atom is -0.370 e. The van der Waals surface area contributed by atoms with E-state index in [1.807, 2.05) is 0 Å². The maximum atomic E-state index is 2.41. The van der Waals surface area contributed by atoms with Crippen LogP contribution in [0.3, 0.4) is 0 Å². The van der Waals surface area contributed by atoms with Gasteiger partial charge in [0.05, 0.1) is 0 Å². The summed E-state index contributed by atoms with van der Waals surface area (Å²) in [5, 5.41) is 0. The molecule has 20 heavy (non-hydrogen) atoms. The van der Waals surface area contributed by atoms with Crippen molar-refractivity contribution in [2.75, 3.05) is 11.9 Å². The third kappa shape index (κ3) is 3.56. The van der Waals surface area contributed by atoms with Gasteiger partial charge in [-0.05, 0) is 48.8 Å². The fourth-order valence-corrected chi connectivity index (χ4v) is 2.59. The number of benzene rings is 1. The van der Waals surface area contributed by atoms with E-state index in [0.717, 1.165) is 0 Å². The fourth-order valence-electron chi connectivity index (χ4n) is 2.59. The monoisotopic (exact) mass is 275 g/mol. The molecular weight excluding hydrogens is 242 g/mol. The predicted molar refractivity (Wildman–Crippen MR) is 92.0 cm³/mol. The molecular formula is C19H33N. The van der Waals surface area contributed by atoms with Crippen LogP contribution in [0.4, 0.5) is 5.69 Å². The van der Waals surface area contributed by atoms with Gasteiger partial charge in [0.25, 0.3) is 0 Å². The van der Waals surface area contributed by atoms with Crippen LogP contribution in [0.1, 0.15) is 73.4 Å². The molecule has 0 amide bonds. The van der Waals surface area contributed by atoms with Crippen molar-refractivity contribution < 1.29 is 0 Å². The van der Waals surface area contributed by atoms with E-state index >= 15 is 0 Å². The molecule has 0 aliphatic heterocycles. The first kappa shape index (κ1) is 17.1. The van der Waals surface area contributed by atoms with Gasteiger partial charge in [-0.2, -0.15) is 0 Å². The third-order valence-corrected chi connectivity index (χ3v) is 3.97. The van der Waals surface area contributed by atoms with E-state index in [1.165, 1.54) is 16.8 Å². The van der Waals surface area contributed by atoms with Crippen molar-refractivity contribution in [3.63, 3.8) is 0 Å². The van der Waals surface area contributed by atoms with E-state index in [4.69, 9.17) is 0 Å². The van der Waals surface area contributed by atoms with E-state index in [0.29, 0.717) is 0 Å². The quantitative estimate of drug-likeness (QED) is 0.652. The van der Waals surface area contributed by atoms with Crippen molar-refractivity contribution in [1.82, 2.24) is 0 Å². The summed E-state index contributed by atoms with van der Waals surface area (Å²) >= 11 is 0. The van der Waals surface area contributed by atoms with Gasteiger partial charge in [-0.25, -0.2) is 0 Å². The summed E-state index contributed by atoms with van der Waals surface area (Å²) in [7, 11) is 2.21. The molecule has 0 aromatic heterocycles. The molecule has 1 aromatic rings. The molecule has 0 aliphatic carbocycles. The molecule has 0 aliphatic rings. The number of hydrogen-bond donors (Lipinski definition) is 0. The molecule has 114 valence electrons. The van der Waals surface area contributed by atoms with Crippen LogP contribution in [-0.2, 0) is 10.8 Å². The maximum absolute atomic E-state index is 2.41. The molecule has 0 heterocycles. The number of hydrogen-bond acceptors (Lipinski definition) is 1. The second kappa shape index (κ2) is 5.09. The highest BCUT2D eigenvalue weighted by molar-refractivity contribution is 5.61. The number of nitrogens with zero attached hydrogens (tertiary/aromatic N) is 1. The highest BCUT2D eigenvalue weighted by Crippen LogP contribution is 2.41. The zero-order valence-corrected chi connectivity index (χ0v) is 15.2. The van der Waals surface area contributed by atoms with Crippen LogP contribution in [0.15, 0.2) is 18.2 Å². The molecule has 0 bridgehead atoms. The normalized spacial score (nSPS) is 13.5. The van der Waals surface area contributed by atoms with E-state index in [1.54, 1.807) is 0 Å². The Kier molecular flexibility index (Phi) is 4.35. The van der Waals surface area contributed by atoms with Crippen LogP contribution in [-0.4, -0.2) is 12.6 Å². The van der Waals surface area contributed by atoms with Crippen LogP contribution in [0.2, 0.25) is 0 Å². The van der Waals surface area contributed by atoms with Crippen molar-refractivity contribution in [2.24, 2.45) is 0 Å². The lowest BCUT2D eigenvalue weighted by Crippen LogP contribution is -2.40. The summed E-state index contributed by atoms with van der Waals surface area (Å²) in [6, 6.07) is 6.76. The summed E-state index contributed by atoms with van der Waals surface area (Å²) in [6.07, 6.45) is 0. The van der Waals surface area contributed by atoms with Crippen LogP contribution in [0.5, 0.6) is 0 Å². The summed E-state index contributed by atoms with van der Waals surface area (Å²) in [4.78, 5) is 2.41. The van der Waals surface area contributed by atoms with Gasteiger partial charge < -0.3 is 4.90 Å². The molecule has 1 aromatic carbocycles.